The highest BCUT2D eigenvalue weighted by Gasteiger charge is 2.25. The van der Waals surface area contributed by atoms with Crippen molar-refractivity contribution in [2.24, 2.45) is 0 Å². The number of pyridine rings is 1. The van der Waals surface area contributed by atoms with Crippen molar-refractivity contribution in [1.29, 1.82) is 0 Å². The van der Waals surface area contributed by atoms with Crippen LogP contribution in [0.4, 0.5) is 5.82 Å². The lowest BCUT2D eigenvalue weighted by molar-refractivity contribution is 0.441. The summed E-state index contributed by atoms with van der Waals surface area (Å²) in [6.45, 7) is 6.18. The van der Waals surface area contributed by atoms with E-state index in [0.717, 1.165) is 6.42 Å². The average molecular weight is 255 g/mol. The summed E-state index contributed by atoms with van der Waals surface area (Å²) in [6.07, 6.45) is 3.75. The predicted octanol–water partition coefficient (Wildman–Crippen LogP) is 1.25. The second kappa shape index (κ2) is 5.79. The fraction of sp³-hybridized carbons (Fsp3) is 0.364. The monoisotopic (exact) mass is 255 g/mol. The highest BCUT2D eigenvalue weighted by Crippen LogP contribution is 2.20. The molecule has 0 spiro atoms. The lowest BCUT2D eigenvalue weighted by Gasteiger charge is -2.20. The van der Waals surface area contributed by atoms with Crippen LogP contribution in [-0.2, 0) is 10.0 Å². The van der Waals surface area contributed by atoms with Gasteiger partial charge >= 0.3 is 0 Å². The molecule has 0 radical (unpaired) electrons. The molecule has 94 valence electrons. The summed E-state index contributed by atoms with van der Waals surface area (Å²) in [6, 6.07) is 3.02. The summed E-state index contributed by atoms with van der Waals surface area (Å²) in [5, 5.41) is 0. The summed E-state index contributed by atoms with van der Waals surface area (Å²) in [4.78, 5) is 3.85. The van der Waals surface area contributed by atoms with Crippen molar-refractivity contribution in [2.75, 3.05) is 18.8 Å². The Balaban J connectivity index is 3.16. The van der Waals surface area contributed by atoms with Crippen molar-refractivity contribution in [3.05, 3.63) is 31.0 Å². The van der Waals surface area contributed by atoms with Crippen LogP contribution in [0.3, 0.4) is 0 Å². The van der Waals surface area contributed by atoms with Crippen LogP contribution < -0.4 is 5.73 Å². The molecular weight excluding hydrogens is 238 g/mol. The van der Waals surface area contributed by atoms with Gasteiger partial charge in [-0.15, -0.1) is 6.58 Å². The number of hydrogen-bond acceptors (Lipinski definition) is 4. The first-order chi connectivity index (χ1) is 8.04. The third-order valence-corrected chi connectivity index (χ3v) is 4.14. The van der Waals surface area contributed by atoms with Crippen LogP contribution in [0.5, 0.6) is 0 Å². The van der Waals surface area contributed by atoms with E-state index >= 15 is 0 Å². The number of nitrogens with two attached hydrogens (primary N) is 1. The molecule has 0 bridgehead atoms. The predicted molar refractivity (Wildman–Crippen MR) is 67.9 cm³/mol. The van der Waals surface area contributed by atoms with Gasteiger partial charge in [-0.3, -0.25) is 0 Å². The standard InChI is InChI=1S/C11H17N3O2S/c1-3-8-14(9-4-2)17(15,16)10-6-5-7-13-11(10)12/h3,5-7H,1,4,8-9H2,2H3,(H2,12,13). The Morgan fingerprint density at radius 2 is 2.29 bits per heavy atom. The number of anilines is 1. The van der Waals surface area contributed by atoms with Gasteiger partial charge in [-0.25, -0.2) is 13.4 Å². The van der Waals surface area contributed by atoms with Crippen molar-refractivity contribution in [1.82, 2.24) is 9.29 Å². The normalized spacial score (nSPS) is 11.6. The third kappa shape index (κ3) is 3.04. The fourth-order valence-electron chi connectivity index (χ4n) is 1.46. The van der Waals surface area contributed by atoms with Crippen LogP contribution in [0, 0.1) is 0 Å². The highest BCUT2D eigenvalue weighted by atomic mass is 32.2. The Kier molecular flexibility index (Phi) is 4.65. The molecule has 1 rings (SSSR count). The van der Waals surface area contributed by atoms with Crippen LogP contribution >= 0.6 is 0 Å². The van der Waals surface area contributed by atoms with Crippen LogP contribution in [0.15, 0.2) is 35.9 Å². The van der Waals surface area contributed by atoms with Gasteiger partial charge in [0.2, 0.25) is 10.0 Å². The molecular formula is C11H17N3O2S. The van der Waals surface area contributed by atoms with Gasteiger partial charge in [0.1, 0.15) is 10.7 Å². The fourth-order valence-corrected chi connectivity index (χ4v) is 3.03. The molecule has 0 atom stereocenters. The van der Waals surface area contributed by atoms with Crippen LogP contribution in [-0.4, -0.2) is 30.8 Å². The molecule has 1 aromatic rings. The van der Waals surface area contributed by atoms with Crippen molar-refractivity contribution in [3.63, 3.8) is 0 Å². The number of hydrogen-bond donors (Lipinski definition) is 1. The first kappa shape index (κ1) is 13.7. The summed E-state index contributed by atoms with van der Waals surface area (Å²) in [7, 11) is -3.58. The molecule has 1 heterocycles. The summed E-state index contributed by atoms with van der Waals surface area (Å²) >= 11 is 0. The van der Waals surface area contributed by atoms with Crippen molar-refractivity contribution < 1.29 is 8.42 Å². The largest absolute Gasteiger partial charge is 0.383 e. The molecule has 1 aromatic heterocycles. The minimum Gasteiger partial charge on any atom is -0.383 e. The molecule has 5 nitrogen and oxygen atoms in total. The average Bonchev–Trinajstić information content (AvgIpc) is 2.29. The second-order valence-electron chi connectivity index (χ2n) is 3.54. The first-order valence-corrected chi connectivity index (χ1v) is 6.79. The van der Waals surface area contributed by atoms with E-state index in [0.29, 0.717) is 6.54 Å². The highest BCUT2D eigenvalue weighted by molar-refractivity contribution is 7.89. The maximum absolute atomic E-state index is 12.3. The van der Waals surface area contributed by atoms with Gasteiger partial charge < -0.3 is 5.73 Å². The molecule has 6 heteroatoms. The number of rotatable bonds is 6. The van der Waals surface area contributed by atoms with Crippen LogP contribution in [0.2, 0.25) is 0 Å². The molecule has 0 saturated carbocycles. The van der Waals surface area contributed by atoms with Gasteiger partial charge in [0.25, 0.3) is 0 Å². The van der Waals surface area contributed by atoms with E-state index < -0.39 is 10.0 Å². The molecule has 0 aromatic carbocycles. The van der Waals surface area contributed by atoms with E-state index in [2.05, 4.69) is 11.6 Å². The molecule has 17 heavy (non-hydrogen) atoms. The van der Waals surface area contributed by atoms with Crippen LogP contribution in [0.25, 0.3) is 0 Å². The topological polar surface area (TPSA) is 76.3 Å². The van der Waals surface area contributed by atoms with Crippen molar-refractivity contribution >= 4 is 15.8 Å². The number of aromatic nitrogens is 1. The Labute approximate surface area is 102 Å². The quantitative estimate of drug-likeness (QED) is 0.776. The van der Waals surface area contributed by atoms with E-state index in [9.17, 15) is 8.42 Å². The zero-order chi connectivity index (χ0) is 12.9. The van der Waals surface area contributed by atoms with E-state index in [1.165, 1.54) is 16.6 Å². The second-order valence-corrected chi connectivity index (χ2v) is 5.44. The molecule has 0 aliphatic heterocycles. The summed E-state index contributed by atoms with van der Waals surface area (Å²) in [5.74, 6) is 0.0256. The summed E-state index contributed by atoms with van der Waals surface area (Å²) in [5.41, 5.74) is 5.59. The van der Waals surface area contributed by atoms with Gasteiger partial charge in [-0.1, -0.05) is 13.0 Å². The number of nitrogen functional groups attached to an aromatic ring is 1. The maximum atomic E-state index is 12.3. The molecule has 0 saturated heterocycles. The van der Waals surface area contributed by atoms with Gasteiger partial charge in [-0.05, 0) is 18.6 Å². The zero-order valence-corrected chi connectivity index (χ0v) is 10.7. The zero-order valence-electron chi connectivity index (χ0n) is 9.83. The lowest BCUT2D eigenvalue weighted by atomic mass is 10.5. The maximum Gasteiger partial charge on any atom is 0.247 e. The Morgan fingerprint density at radius 1 is 1.59 bits per heavy atom. The van der Waals surface area contributed by atoms with Gasteiger partial charge in [0.15, 0.2) is 0 Å². The minimum absolute atomic E-state index is 0.0256. The smallest absolute Gasteiger partial charge is 0.247 e. The van der Waals surface area contributed by atoms with Crippen molar-refractivity contribution in [3.8, 4) is 0 Å². The third-order valence-electron chi connectivity index (χ3n) is 2.22. The molecule has 0 unspecified atom stereocenters. The molecule has 0 amide bonds. The van der Waals surface area contributed by atoms with E-state index in [1.807, 2.05) is 6.92 Å². The van der Waals surface area contributed by atoms with Crippen molar-refractivity contribution in [2.45, 2.75) is 18.2 Å². The minimum atomic E-state index is -3.58. The Morgan fingerprint density at radius 3 is 2.82 bits per heavy atom. The van der Waals surface area contributed by atoms with Gasteiger partial charge in [0.05, 0.1) is 0 Å². The van der Waals surface area contributed by atoms with E-state index in [4.69, 9.17) is 5.73 Å². The van der Waals surface area contributed by atoms with Gasteiger partial charge in [-0.2, -0.15) is 4.31 Å². The number of sulfonamides is 1. The molecule has 0 aliphatic carbocycles. The van der Waals surface area contributed by atoms with E-state index in [-0.39, 0.29) is 17.3 Å². The molecule has 0 fully saturated rings. The molecule has 2 N–H and O–H groups in total. The van der Waals surface area contributed by atoms with Crippen LogP contribution in [0.1, 0.15) is 13.3 Å². The SMILES string of the molecule is C=CCN(CCC)S(=O)(=O)c1cccnc1N. The lowest BCUT2D eigenvalue weighted by Crippen LogP contribution is -2.32. The van der Waals surface area contributed by atoms with E-state index in [1.54, 1.807) is 12.1 Å². The summed E-state index contributed by atoms with van der Waals surface area (Å²) < 4.78 is 25.9. The Bertz CT molecular complexity index is 485. The molecule has 0 aliphatic rings. The first-order valence-electron chi connectivity index (χ1n) is 5.35. The number of nitrogens with zero attached hydrogens (tertiary/aromatic N) is 2. The Hall–Kier alpha value is -1.40. The van der Waals surface area contributed by atoms with Gasteiger partial charge in [0, 0.05) is 19.3 Å².